The lowest BCUT2D eigenvalue weighted by Gasteiger charge is -2.30. The van der Waals surface area contributed by atoms with Crippen LogP contribution in [0.3, 0.4) is 0 Å². The molecular formula is C11H18BrN3S. The van der Waals surface area contributed by atoms with Crippen LogP contribution in [0, 0.1) is 0 Å². The monoisotopic (exact) mass is 303 g/mol. The number of anilines is 1. The Morgan fingerprint density at radius 2 is 2.12 bits per heavy atom. The summed E-state index contributed by atoms with van der Waals surface area (Å²) < 4.78 is 1.21. The van der Waals surface area contributed by atoms with E-state index in [9.17, 15) is 0 Å². The van der Waals surface area contributed by atoms with Gasteiger partial charge in [0, 0.05) is 17.5 Å². The SMILES string of the molecule is CCC(CC)(CNc1ncncc1Br)SC. The largest absolute Gasteiger partial charge is 0.368 e. The Labute approximate surface area is 110 Å². The molecule has 0 saturated carbocycles. The number of hydrogen-bond acceptors (Lipinski definition) is 4. The lowest BCUT2D eigenvalue weighted by atomic mass is 10.0. The summed E-state index contributed by atoms with van der Waals surface area (Å²) in [6, 6.07) is 0. The predicted octanol–water partition coefficient (Wildman–Crippen LogP) is 3.57. The predicted molar refractivity (Wildman–Crippen MR) is 75.0 cm³/mol. The highest BCUT2D eigenvalue weighted by Gasteiger charge is 2.24. The minimum atomic E-state index is 0.296. The number of rotatable bonds is 6. The summed E-state index contributed by atoms with van der Waals surface area (Å²) in [6.45, 7) is 5.39. The maximum absolute atomic E-state index is 4.21. The van der Waals surface area contributed by atoms with Crippen molar-refractivity contribution in [1.29, 1.82) is 0 Å². The minimum Gasteiger partial charge on any atom is -0.368 e. The van der Waals surface area contributed by atoms with E-state index in [2.05, 4.69) is 51.3 Å². The van der Waals surface area contributed by atoms with Crippen LogP contribution < -0.4 is 5.32 Å². The molecule has 3 nitrogen and oxygen atoms in total. The van der Waals surface area contributed by atoms with Gasteiger partial charge in [-0.25, -0.2) is 9.97 Å². The molecule has 0 atom stereocenters. The summed E-state index contributed by atoms with van der Waals surface area (Å²) in [5.74, 6) is 0.871. The van der Waals surface area contributed by atoms with E-state index in [-0.39, 0.29) is 0 Å². The van der Waals surface area contributed by atoms with E-state index in [0.717, 1.165) is 29.7 Å². The Morgan fingerprint density at radius 1 is 1.44 bits per heavy atom. The van der Waals surface area contributed by atoms with Gasteiger partial charge in [-0.3, -0.25) is 0 Å². The maximum Gasteiger partial charge on any atom is 0.143 e. The minimum absolute atomic E-state index is 0.296. The molecule has 1 N–H and O–H groups in total. The van der Waals surface area contributed by atoms with Crippen LogP contribution in [0.15, 0.2) is 17.0 Å². The van der Waals surface area contributed by atoms with Crippen LogP contribution in [-0.2, 0) is 0 Å². The van der Waals surface area contributed by atoms with Crippen molar-refractivity contribution < 1.29 is 0 Å². The Bertz CT molecular complexity index is 320. The molecule has 0 aliphatic heterocycles. The summed E-state index contributed by atoms with van der Waals surface area (Å²) in [4.78, 5) is 8.15. The zero-order chi connectivity index (χ0) is 12.0. The molecule has 0 amide bonds. The average Bonchev–Trinajstić information content (AvgIpc) is 2.34. The number of aromatic nitrogens is 2. The van der Waals surface area contributed by atoms with E-state index < -0.39 is 0 Å². The smallest absolute Gasteiger partial charge is 0.143 e. The molecule has 0 radical (unpaired) electrons. The van der Waals surface area contributed by atoms with Crippen molar-refractivity contribution in [2.24, 2.45) is 0 Å². The molecule has 0 bridgehead atoms. The van der Waals surface area contributed by atoms with E-state index in [1.165, 1.54) is 0 Å². The molecule has 0 aromatic carbocycles. The summed E-state index contributed by atoms with van der Waals surface area (Å²) in [7, 11) is 0. The van der Waals surface area contributed by atoms with Gasteiger partial charge >= 0.3 is 0 Å². The molecule has 5 heteroatoms. The van der Waals surface area contributed by atoms with Crippen molar-refractivity contribution >= 4 is 33.5 Å². The number of thioether (sulfide) groups is 1. The Balaban J connectivity index is 2.66. The lowest BCUT2D eigenvalue weighted by molar-refractivity contribution is 0.573. The second-order valence-electron chi connectivity index (χ2n) is 3.67. The number of halogens is 1. The number of nitrogens with zero attached hydrogens (tertiary/aromatic N) is 2. The van der Waals surface area contributed by atoms with E-state index in [1.54, 1.807) is 12.5 Å². The lowest BCUT2D eigenvalue weighted by Crippen LogP contribution is -2.32. The topological polar surface area (TPSA) is 37.8 Å². The van der Waals surface area contributed by atoms with Crippen LogP contribution in [0.25, 0.3) is 0 Å². The van der Waals surface area contributed by atoms with E-state index in [4.69, 9.17) is 0 Å². The van der Waals surface area contributed by atoms with Crippen molar-refractivity contribution in [3.05, 3.63) is 17.0 Å². The van der Waals surface area contributed by atoms with E-state index >= 15 is 0 Å². The summed E-state index contributed by atoms with van der Waals surface area (Å²) >= 11 is 5.36. The van der Waals surface area contributed by atoms with Gasteiger partial charge in [-0.05, 0) is 35.0 Å². The highest BCUT2D eigenvalue weighted by atomic mass is 79.9. The van der Waals surface area contributed by atoms with Gasteiger partial charge in [0.25, 0.3) is 0 Å². The fourth-order valence-corrected chi connectivity index (χ4v) is 2.70. The first-order chi connectivity index (χ1) is 7.67. The van der Waals surface area contributed by atoms with Crippen LogP contribution in [0.2, 0.25) is 0 Å². The van der Waals surface area contributed by atoms with Gasteiger partial charge in [0.1, 0.15) is 12.1 Å². The molecule has 0 saturated heterocycles. The van der Waals surface area contributed by atoms with Gasteiger partial charge in [0.2, 0.25) is 0 Å². The highest BCUT2D eigenvalue weighted by molar-refractivity contribution is 9.10. The van der Waals surface area contributed by atoms with Crippen LogP contribution in [0.1, 0.15) is 26.7 Å². The summed E-state index contributed by atoms with van der Waals surface area (Å²) in [6.07, 6.45) is 7.80. The molecule has 0 fully saturated rings. The molecule has 1 aromatic rings. The quantitative estimate of drug-likeness (QED) is 0.872. The molecule has 1 rings (SSSR count). The first-order valence-electron chi connectivity index (χ1n) is 5.42. The Hall–Kier alpha value is -0.290. The normalized spacial score (nSPS) is 11.5. The third-order valence-electron chi connectivity index (χ3n) is 2.97. The molecule has 0 spiro atoms. The van der Waals surface area contributed by atoms with E-state index in [1.807, 2.05) is 11.8 Å². The van der Waals surface area contributed by atoms with Crippen molar-refractivity contribution in [3.63, 3.8) is 0 Å². The van der Waals surface area contributed by atoms with Gasteiger partial charge < -0.3 is 5.32 Å². The zero-order valence-corrected chi connectivity index (χ0v) is 12.4. The van der Waals surface area contributed by atoms with Gasteiger partial charge in [-0.1, -0.05) is 13.8 Å². The van der Waals surface area contributed by atoms with Gasteiger partial charge in [0.15, 0.2) is 0 Å². The number of hydrogen-bond donors (Lipinski definition) is 1. The van der Waals surface area contributed by atoms with Gasteiger partial charge in [-0.2, -0.15) is 11.8 Å². The van der Waals surface area contributed by atoms with E-state index in [0.29, 0.717) is 4.75 Å². The average molecular weight is 304 g/mol. The van der Waals surface area contributed by atoms with Crippen LogP contribution >= 0.6 is 27.7 Å². The molecular weight excluding hydrogens is 286 g/mol. The Kier molecular flexibility index (Phi) is 5.55. The van der Waals surface area contributed by atoms with Crippen LogP contribution in [-0.4, -0.2) is 27.5 Å². The first kappa shape index (κ1) is 13.8. The second kappa shape index (κ2) is 6.45. The number of nitrogens with one attached hydrogen (secondary N) is 1. The fraction of sp³-hybridized carbons (Fsp3) is 0.636. The zero-order valence-electron chi connectivity index (χ0n) is 9.96. The molecule has 0 aliphatic rings. The fourth-order valence-electron chi connectivity index (χ4n) is 1.55. The molecule has 1 aromatic heterocycles. The van der Waals surface area contributed by atoms with Crippen molar-refractivity contribution in [2.45, 2.75) is 31.4 Å². The molecule has 0 unspecified atom stereocenters. The Morgan fingerprint density at radius 3 is 2.62 bits per heavy atom. The summed E-state index contributed by atoms with van der Waals surface area (Å²) in [5, 5.41) is 3.39. The third kappa shape index (κ3) is 3.35. The molecule has 1 heterocycles. The van der Waals surface area contributed by atoms with Crippen molar-refractivity contribution in [3.8, 4) is 0 Å². The van der Waals surface area contributed by atoms with Crippen LogP contribution in [0.5, 0.6) is 0 Å². The van der Waals surface area contributed by atoms with Crippen molar-refractivity contribution in [2.75, 3.05) is 18.1 Å². The second-order valence-corrected chi connectivity index (χ2v) is 5.80. The first-order valence-corrected chi connectivity index (χ1v) is 7.43. The standard InChI is InChI=1S/C11H18BrN3S/c1-4-11(5-2,16-3)7-14-10-9(12)6-13-8-15-10/h6,8H,4-5,7H2,1-3H3,(H,13,14,15). The third-order valence-corrected chi connectivity index (χ3v) is 5.14. The molecule has 90 valence electrons. The highest BCUT2D eigenvalue weighted by Crippen LogP contribution is 2.31. The van der Waals surface area contributed by atoms with Gasteiger partial charge in [-0.15, -0.1) is 0 Å². The molecule has 0 aliphatic carbocycles. The summed E-state index contributed by atoms with van der Waals surface area (Å²) in [5.41, 5.74) is 0. The van der Waals surface area contributed by atoms with Crippen LogP contribution in [0.4, 0.5) is 5.82 Å². The maximum atomic E-state index is 4.21. The molecule has 16 heavy (non-hydrogen) atoms. The van der Waals surface area contributed by atoms with Gasteiger partial charge in [0.05, 0.1) is 4.47 Å². The van der Waals surface area contributed by atoms with Crippen molar-refractivity contribution in [1.82, 2.24) is 9.97 Å².